The Hall–Kier alpha value is -3.41. The molecule has 2 bridgehead atoms. The van der Waals surface area contributed by atoms with Gasteiger partial charge in [0.25, 0.3) is 0 Å². The Morgan fingerprint density at radius 2 is 1.71 bits per heavy atom. The summed E-state index contributed by atoms with van der Waals surface area (Å²) in [6, 6.07) is 2.00. The molecule has 0 atom stereocenters. The minimum Gasteiger partial charge on any atom is -0.477 e. The van der Waals surface area contributed by atoms with Crippen LogP contribution in [-0.2, 0) is 16.8 Å². The van der Waals surface area contributed by atoms with Gasteiger partial charge in [-0.15, -0.1) is 0 Å². The number of carboxylic acid groups (broad SMARTS) is 1. The molecule has 0 aliphatic heterocycles. The smallest absolute Gasteiger partial charge is 0.341 e. The second-order valence-electron chi connectivity index (χ2n) is 11.4. The van der Waals surface area contributed by atoms with Crippen LogP contribution in [0, 0.1) is 11.6 Å². The number of pyridine rings is 1. The first-order chi connectivity index (χ1) is 20.2. The van der Waals surface area contributed by atoms with Crippen LogP contribution in [0.15, 0.2) is 33.6 Å². The zero-order valence-corrected chi connectivity index (χ0v) is 23.6. The largest absolute Gasteiger partial charge is 0.477 e. The van der Waals surface area contributed by atoms with Crippen molar-refractivity contribution in [3.05, 3.63) is 69.0 Å². The number of benzene rings is 1. The zero-order valence-electron chi connectivity index (χ0n) is 22.1. The number of hydrogen-bond donors (Lipinski definition) is 1. The van der Waals surface area contributed by atoms with E-state index in [9.17, 15) is 18.7 Å². The number of carbonyl (C=O) groups is 1. The van der Waals surface area contributed by atoms with Crippen molar-refractivity contribution in [2.75, 3.05) is 0 Å². The van der Waals surface area contributed by atoms with Crippen LogP contribution in [0.3, 0.4) is 0 Å². The number of ether oxygens (including phenoxy) is 1. The number of aromatic nitrogens is 4. The maximum absolute atomic E-state index is 14.8. The van der Waals surface area contributed by atoms with Crippen molar-refractivity contribution in [1.29, 1.82) is 0 Å². The lowest BCUT2D eigenvalue weighted by Crippen LogP contribution is -2.49. The highest BCUT2D eigenvalue weighted by molar-refractivity contribution is 6.38. The fraction of sp³-hybridized carbons (Fsp3) is 0.414. The monoisotopic (exact) mass is 616 g/mol. The van der Waals surface area contributed by atoms with Crippen molar-refractivity contribution in [2.24, 2.45) is 0 Å². The first kappa shape index (κ1) is 27.4. The highest BCUT2D eigenvalue weighted by Crippen LogP contribution is 2.55. The maximum Gasteiger partial charge on any atom is 0.341 e. The van der Waals surface area contributed by atoms with Gasteiger partial charge in [-0.05, 0) is 63.5 Å². The van der Waals surface area contributed by atoms with E-state index >= 15 is 0 Å². The molecule has 0 unspecified atom stereocenters. The molecule has 42 heavy (non-hydrogen) atoms. The summed E-state index contributed by atoms with van der Waals surface area (Å²) in [6.07, 6.45) is 9.49. The molecule has 8 rings (SSSR count). The predicted octanol–water partition coefficient (Wildman–Crippen LogP) is 7.51. The molecule has 0 amide bonds. The number of hydrogen-bond acceptors (Lipinski definition) is 8. The van der Waals surface area contributed by atoms with Crippen LogP contribution in [-0.4, -0.2) is 37.0 Å². The summed E-state index contributed by atoms with van der Waals surface area (Å²) in [6.45, 7) is 0.299. The van der Waals surface area contributed by atoms with Crippen molar-refractivity contribution in [2.45, 2.75) is 74.9 Å². The average Bonchev–Trinajstić information content (AvgIpc) is 3.54. The van der Waals surface area contributed by atoms with Gasteiger partial charge < -0.3 is 18.9 Å². The number of fused-ring (bicyclic) bond motifs is 3. The summed E-state index contributed by atoms with van der Waals surface area (Å²) in [5.74, 6) is -2.75. The third-order valence-corrected chi connectivity index (χ3v) is 9.56. The van der Waals surface area contributed by atoms with E-state index in [4.69, 9.17) is 37.0 Å². The van der Waals surface area contributed by atoms with Crippen molar-refractivity contribution in [1.82, 2.24) is 20.3 Å². The second-order valence-corrected chi connectivity index (χ2v) is 12.2. The molecule has 4 aliphatic carbocycles. The van der Waals surface area contributed by atoms with Gasteiger partial charge in [0.15, 0.2) is 5.82 Å². The molecule has 4 aliphatic rings. The van der Waals surface area contributed by atoms with Crippen LogP contribution in [0.4, 0.5) is 8.78 Å². The van der Waals surface area contributed by atoms with E-state index in [0.29, 0.717) is 39.7 Å². The van der Waals surface area contributed by atoms with E-state index in [1.807, 2.05) is 0 Å². The Morgan fingerprint density at radius 3 is 2.36 bits per heavy atom. The maximum atomic E-state index is 14.8. The van der Waals surface area contributed by atoms with Gasteiger partial charge in [-0.1, -0.05) is 33.5 Å². The average molecular weight is 617 g/mol. The number of nitrogens with zero attached hydrogens (tertiary/aromatic N) is 4. The Bertz CT molecular complexity index is 1680. The molecule has 1 N–H and O–H groups in total. The van der Waals surface area contributed by atoms with Gasteiger partial charge in [0.2, 0.25) is 11.7 Å². The van der Waals surface area contributed by atoms with Crippen molar-refractivity contribution in [3.8, 4) is 22.6 Å². The first-order valence-corrected chi connectivity index (χ1v) is 14.4. The van der Waals surface area contributed by atoms with E-state index in [1.165, 1.54) is 12.4 Å². The number of carboxylic acids is 1. The summed E-state index contributed by atoms with van der Waals surface area (Å²) >= 11 is 12.9. The van der Waals surface area contributed by atoms with E-state index in [1.54, 1.807) is 0 Å². The van der Waals surface area contributed by atoms with Crippen molar-refractivity contribution >= 4 is 29.2 Å². The molecule has 0 radical (unpaired) electrons. The van der Waals surface area contributed by atoms with E-state index in [-0.39, 0.29) is 17.0 Å². The van der Waals surface area contributed by atoms with Gasteiger partial charge in [-0.3, -0.25) is 4.98 Å². The van der Waals surface area contributed by atoms with Crippen molar-refractivity contribution < 1.29 is 32.5 Å². The first-order valence-electron chi connectivity index (χ1n) is 13.7. The summed E-state index contributed by atoms with van der Waals surface area (Å²) < 4.78 is 46.8. The predicted molar refractivity (Wildman–Crippen MR) is 145 cm³/mol. The van der Waals surface area contributed by atoms with Crippen molar-refractivity contribution in [3.63, 3.8) is 0 Å². The standard InChI is InChI=1S/C29H24Cl2F2N4O5/c30-17-11-34-12-18(31)20(17)23-16(24(41-36-23)14-1-2-14)13-40-29-8-5-28(6-9-29,7-10-29)27-35-25(37-42-27)15-3-4-19(32)21(22(15)33)26(38)39/h3-4,11-12,14H,1-2,5-10,13H2,(H,38,39). The van der Waals surface area contributed by atoms with Crippen LogP contribution >= 0.6 is 23.2 Å². The van der Waals surface area contributed by atoms with Crippen LogP contribution < -0.4 is 0 Å². The molecular weight excluding hydrogens is 593 g/mol. The molecule has 1 aromatic carbocycles. The lowest BCUT2D eigenvalue weighted by atomic mass is 9.58. The zero-order chi connectivity index (χ0) is 29.2. The minimum absolute atomic E-state index is 0.112. The lowest BCUT2D eigenvalue weighted by molar-refractivity contribution is -0.130. The van der Waals surface area contributed by atoms with Crippen LogP contribution in [0.2, 0.25) is 10.0 Å². The summed E-state index contributed by atoms with van der Waals surface area (Å²) in [5, 5.41) is 18.2. The molecule has 9 nitrogen and oxygen atoms in total. The Labute approximate surface area is 248 Å². The van der Waals surface area contributed by atoms with E-state index in [0.717, 1.165) is 74.8 Å². The Kier molecular flexibility index (Phi) is 6.59. The van der Waals surface area contributed by atoms with Gasteiger partial charge in [0.05, 0.1) is 33.2 Å². The molecule has 13 heteroatoms. The van der Waals surface area contributed by atoms with Crippen LogP contribution in [0.25, 0.3) is 22.6 Å². The third kappa shape index (κ3) is 4.49. The van der Waals surface area contributed by atoms with Crippen LogP contribution in [0.5, 0.6) is 0 Å². The molecule has 4 fully saturated rings. The third-order valence-electron chi connectivity index (χ3n) is 8.98. The molecule has 4 saturated carbocycles. The second kappa shape index (κ2) is 10.1. The topological polar surface area (TPSA) is 124 Å². The number of rotatable bonds is 8. The fourth-order valence-electron chi connectivity index (χ4n) is 6.35. The minimum atomic E-state index is -1.71. The quantitative estimate of drug-likeness (QED) is 0.214. The van der Waals surface area contributed by atoms with Gasteiger partial charge >= 0.3 is 5.97 Å². The molecule has 218 valence electrons. The summed E-state index contributed by atoms with van der Waals surface area (Å²) in [5.41, 5.74) is -0.0324. The highest BCUT2D eigenvalue weighted by Gasteiger charge is 2.53. The summed E-state index contributed by atoms with van der Waals surface area (Å²) in [7, 11) is 0. The molecule has 0 spiro atoms. The van der Waals surface area contributed by atoms with Gasteiger partial charge in [0.1, 0.15) is 22.8 Å². The molecule has 4 aromatic rings. The Balaban J connectivity index is 1.10. The molecule has 3 heterocycles. The molecular formula is C29H24Cl2F2N4O5. The Morgan fingerprint density at radius 1 is 1.02 bits per heavy atom. The fourth-order valence-corrected chi connectivity index (χ4v) is 6.89. The highest BCUT2D eigenvalue weighted by atomic mass is 35.5. The molecule has 0 saturated heterocycles. The lowest BCUT2D eigenvalue weighted by Gasteiger charge is -2.51. The molecule has 3 aromatic heterocycles. The van der Waals surface area contributed by atoms with Gasteiger partial charge in [-0.2, -0.15) is 4.98 Å². The van der Waals surface area contributed by atoms with E-state index < -0.39 is 28.6 Å². The SMILES string of the molecule is O=C(O)c1c(F)ccc(-c2noc(C34CCC(OCc5c(-c6c(Cl)cncc6Cl)noc5C5CC5)(CC3)CC4)n2)c1F. The van der Waals surface area contributed by atoms with Crippen LogP contribution in [0.1, 0.15) is 84.9 Å². The summed E-state index contributed by atoms with van der Waals surface area (Å²) in [4.78, 5) is 19.8. The number of halogens is 4. The van der Waals surface area contributed by atoms with E-state index in [2.05, 4.69) is 20.3 Å². The normalized spacial score (nSPS) is 23.4. The van der Waals surface area contributed by atoms with Gasteiger partial charge in [-0.25, -0.2) is 13.6 Å². The number of aromatic carboxylic acids is 1. The van der Waals surface area contributed by atoms with Gasteiger partial charge in [0, 0.05) is 29.4 Å².